The molecule has 0 fully saturated rings. The Balaban J connectivity index is 0.000000509. The fourth-order valence-electron chi connectivity index (χ4n) is 2.74. The van der Waals surface area contributed by atoms with Crippen molar-refractivity contribution in [2.24, 2.45) is 10.7 Å². The maximum atomic E-state index is 13.8. The molecule has 1 amide bonds. The Morgan fingerprint density at radius 2 is 2.06 bits per heavy atom. The first kappa shape index (κ1) is 26.1. The van der Waals surface area contributed by atoms with Gasteiger partial charge in [0.1, 0.15) is 36.7 Å². The highest BCUT2D eigenvalue weighted by Crippen LogP contribution is 2.29. The average molecular weight is 482 g/mol. The van der Waals surface area contributed by atoms with E-state index in [9.17, 15) is 22.4 Å². The Morgan fingerprint density at radius 1 is 1.38 bits per heavy atom. The Kier molecular flexibility index (Phi) is 8.20. The highest BCUT2D eigenvalue weighted by Gasteiger charge is 2.38. The molecule has 2 aromatic heterocycles. The number of ether oxygens (including phenoxy) is 1. The van der Waals surface area contributed by atoms with Crippen LogP contribution in [0.1, 0.15) is 27.3 Å². The van der Waals surface area contributed by atoms with Gasteiger partial charge in [-0.15, -0.1) is 0 Å². The number of aliphatic imine (C=N–C) groups is 1. The summed E-state index contributed by atoms with van der Waals surface area (Å²) in [6.45, 7) is 0.989. The SMILES string of the molecule is Cc1cc(C#N)cnc1C(=O)Nc1cccc(C2(CF)COCC(N)=N2)n1.O=C(O)C(F)(F)F. The third kappa shape index (κ3) is 6.45. The van der Waals surface area contributed by atoms with Crippen molar-refractivity contribution in [2.45, 2.75) is 18.6 Å². The van der Waals surface area contributed by atoms with Crippen molar-refractivity contribution in [1.29, 1.82) is 5.26 Å². The molecule has 0 aliphatic carbocycles. The average Bonchev–Trinajstić information content (AvgIpc) is 2.78. The fourth-order valence-corrected chi connectivity index (χ4v) is 2.74. The minimum absolute atomic E-state index is 0.00485. The number of amidine groups is 1. The first-order valence-electron chi connectivity index (χ1n) is 9.35. The van der Waals surface area contributed by atoms with Gasteiger partial charge in [0, 0.05) is 6.20 Å². The molecular formula is C20H18F4N6O4. The molecule has 1 unspecified atom stereocenters. The van der Waals surface area contributed by atoms with E-state index in [4.69, 9.17) is 25.6 Å². The molecule has 1 aliphatic rings. The molecule has 4 N–H and O–H groups in total. The van der Waals surface area contributed by atoms with E-state index in [1.54, 1.807) is 31.2 Å². The molecule has 0 saturated carbocycles. The van der Waals surface area contributed by atoms with E-state index in [0.717, 1.165) is 0 Å². The van der Waals surface area contributed by atoms with Crippen LogP contribution in [0.25, 0.3) is 0 Å². The van der Waals surface area contributed by atoms with Crippen molar-refractivity contribution in [1.82, 2.24) is 9.97 Å². The van der Waals surface area contributed by atoms with Gasteiger partial charge in [0.05, 0.1) is 17.9 Å². The second-order valence-electron chi connectivity index (χ2n) is 6.93. The third-order valence-electron chi connectivity index (χ3n) is 4.30. The largest absolute Gasteiger partial charge is 0.490 e. The quantitative estimate of drug-likeness (QED) is 0.558. The smallest absolute Gasteiger partial charge is 0.475 e. The molecule has 180 valence electrons. The number of carboxylic acids is 1. The summed E-state index contributed by atoms with van der Waals surface area (Å²) in [5, 5.41) is 18.6. The van der Waals surface area contributed by atoms with Crippen LogP contribution in [0.3, 0.4) is 0 Å². The Morgan fingerprint density at radius 3 is 2.59 bits per heavy atom. The molecular weight excluding hydrogens is 464 g/mol. The molecule has 0 saturated heterocycles. The zero-order chi connectivity index (χ0) is 25.5. The number of rotatable bonds is 4. The van der Waals surface area contributed by atoms with Gasteiger partial charge in [-0.1, -0.05) is 6.07 Å². The van der Waals surface area contributed by atoms with Crippen LogP contribution in [0.2, 0.25) is 0 Å². The van der Waals surface area contributed by atoms with Crippen LogP contribution < -0.4 is 11.1 Å². The number of halogens is 4. The second kappa shape index (κ2) is 10.7. The summed E-state index contributed by atoms with van der Waals surface area (Å²) in [5.74, 6) is -2.84. The van der Waals surface area contributed by atoms with Crippen molar-refractivity contribution in [3.63, 3.8) is 0 Å². The minimum atomic E-state index is -5.08. The van der Waals surface area contributed by atoms with Gasteiger partial charge in [-0.3, -0.25) is 9.79 Å². The molecule has 34 heavy (non-hydrogen) atoms. The molecule has 14 heteroatoms. The Hall–Kier alpha value is -4.12. The summed E-state index contributed by atoms with van der Waals surface area (Å²) in [6.07, 6.45) is -3.76. The van der Waals surface area contributed by atoms with Gasteiger partial charge < -0.3 is 20.9 Å². The summed E-state index contributed by atoms with van der Waals surface area (Å²) >= 11 is 0. The van der Waals surface area contributed by atoms with Crippen molar-refractivity contribution < 1.29 is 37.0 Å². The van der Waals surface area contributed by atoms with Gasteiger partial charge >= 0.3 is 12.1 Å². The number of carbonyl (C=O) groups is 2. The number of nitrogens with one attached hydrogen (secondary N) is 1. The second-order valence-corrected chi connectivity index (χ2v) is 6.93. The van der Waals surface area contributed by atoms with E-state index in [1.807, 2.05) is 6.07 Å². The van der Waals surface area contributed by atoms with Crippen LogP contribution in [0.5, 0.6) is 0 Å². The summed E-state index contributed by atoms with van der Waals surface area (Å²) < 4.78 is 50.8. The maximum absolute atomic E-state index is 13.8. The number of nitriles is 1. The molecule has 0 spiro atoms. The summed E-state index contributed by atoms with van der Waals surface area (Å²) in [5.41, 5.74) is 5.75. The minimum Gasteiger partial charge on any atom is -0.475 e. The van der Waals surface area contributed by atoms with Gasteiger partial charge in [0.25, 0.3) is 5.91 Å². The molecule has 0 bridgehead atoms. The number of alkyl halides is 4. The molecule has 0 radical (unpaired) electrons. The molecule has 3 rings (SSSR count). The highest BCUT2D eigenvalue weighted by molar-refractivity contribution is 6.03. The van der Waals surface area contributed by atoms with Crippen LogP contribution in [-0.4, -0.2) is 58.9 Å². The number of nitrogens with zero attached hydrogens (tertiary/aromatic N) is 4. The van der Waals surface area contributed by atoms with E-state index in [0.29, 0.717) is 16.8 Å². The molecule has 2 aromatic rings. The van der Waals surface area contributed by atoms with Gasteiger partial charge in [0.2, 0.25) is 0 Å². The lowest BCUT2D eigenvalue weighted by molar-refractivity contribution is -0.192. The zero-order valence-corrected chi connectivity index (χ0v) is 17.6. The molecule has 10 nitrogen and oxygen atoms in total. The number of aryl methyl sites for hydroxylation is 1. The standard InChI is InChI=1S/C18H17FN6O2.C2HF3O2/c1-11-5-12(6-20)7-22-16(11)17(26)24-15-4-2-3-13(23-15)18(9-19)10-27-8-14(21)25-18;3-2(4,5)1(6)7/h2-5,7H,8-10H2,1H3,(H2,21,25)(H,23,24,26);(H,6,7). The Bertz CT molecular complexity index is 1150. The Labute approximate surface area is 190 Å². The number of anilines is 1. The number of carboxylic acid groups (broad SMARTS) is 1. The van der Waals surface area contributed by atoms with Crippen LogP contribution in [0.4, 0.5) is 23.4 Å². The fraction of sp³-hybridized carbons (Fsp3) is 0.300. The van der Waals surface area contributed by atoms with Gasteiger partial charge in [-0.25, -0.2) is 19.2 Å². The van der Waals surface area contributed by atoms with E-state index in [1.165, 1.54) is 6.20 Å². The van der Waals surface area contributed by atoms with Crippen molar-refractivity contribution in [2.75, 3.05) is 25.2 Å². The number of aromatic nitrogens is 2. The predicted octanol–water partition coefficient (Wildman–Crippen LogP) is 2.09. The van der Waals surface area contributed by atoms with Gasteiger partial charge in [-0.05, 0) is 30.7 Å². The lowest BCUT2D eigenvalue weighted by Gasteiger charge is -2.30. The van der Waals surface area contributed by atoms with E-state index in [2.05, 4.69) is 20.3 Å². The monoisotopic (exact) mass is 482 g/mol. The number of nitrogens with two attached hydrogens (primary N) is 1. The highest BCUT2D eigenvalue weighted by atomic mass is 19.4. The number of amides is 1. The lowest BCUT2D eigenvalue weighted by atomic mass is 9.97. The van der Waals surface area contributed by atoms with E-state index < -0.39 is 30.3 Å². The van der Waals surface area contributed by atoms with E-state index in [-0.39, 0.29) is 30.6 Å². The van der Waals surface area contributed by atoms with Crippen molar-refractivity contribution in [3.8, 4) is 6.07 Å². The summed E-state index contributed by atoms with van der Waals surface area (Å²) in [4.78, 5) is 33.9. The maximum Gasteiger partial charge on any atom is 0.490 e. The first-order valence-corrected chi connectivity index (χ1v) is 9.35. The zero-order valence-electron chi connectivity index (χ0n) is 17.6. The number of aliphatic carboxylic acids is 1. The molecule has 1 atom stereocenters. The molecule has 0 aromatic carbocycles. The van der Waals surface area contributed by atoms with E-state index >= 15 is 0 Å². The summed E-state index contributed by atoms with van der Waals surface area (Å²) in [6, 6.07) is 8.34. The van der Waals surface area contributed by atoms with Crippen LogP contribution in [0, 0.1) is 18.3 Å². The van der Waals surface area contributed by atoms with Crippen LogP contribution in [-0.2, 0) is 15.1 Å². The van der Waals surface area contributed by atoms with Crippen molar-refractivity contribution in [3.05, 3.63) is 53.0 Å². The van der Waals surface area contributed by atoms with Crippen LogP contribution >= 0.6 is 0 Å². The normalized spacial score (nSPS) is 17.5. The topological polar surface area (TPSA) is 164 Å². The number of hydrogen-bond acceptors (Lipinski definition) is 8. The van der Waals surface area contributed by atoms with Crippen LogP contribution in [0.15, 0.2) is 35.5 Å². The predicted molar refractivity (Wildman–Crippen MR) is 110 cm³/mol. The number of hydrogen-bond donors (Lipinski definition) is 3. The van der Waals surface area contributed by atoms with Gasteiger partial charge in [-0.2, -0.15) is 18.4 Å². The molecule has 3 heterocycles. The third-order valence-corrected chi connectivity index (χ3v) is 4.30. The summed E-state index contributed by atoms with van der Waals surface area (Å²) in [7, 11) is 0. The van der Waals surface area contributed by atoms with Crippen molar-refractivity contribution >= 4 is 23.5 Å². The molecule has 1 aliphatic heterocycles. The van der Waals surface area contributed by atoms with Gasteiger partial charge in [0.15, 0.2) is 5.54 Å². The lowest BCUT2D eigenvalue weighted by Crippen LogP contribution is -2.42. The first-order chi connectivity index (χ1) is 15.9. The number of carbonyl (C=O) groups excluding carboxylic acids is 1. The number of pyridine rings is 2.